The molecule has 1 N–H and O–H groups in total. The number of benzene rings is 2. The minimum absolute atomic E-state index is 0.752. The maximum Gasteiger partial charge on any atom is 0.161 e. The number of hydrogen-bond acceptors (Lipinski definition) is 3. The second-order valence-electron chi connectivity index (χ2n) is 4.95. The van der Waals surface area contributed by atoms with Crippen molar-refractivity contribution in [2.45, 2.75) is 19.9 Å². The summed E-state index contributed by atoms with van der Waals surface area (Å²) in [6.07, 6.45) is 1.15. The molecule has 3 heteroatoms. The van der Waals surface area contributed by atoms with E-state index in [0.29, 0.717) is 0 Å². The van der Waals surface area contributed by atoms with Crippen LogP contribution in [-0.4, -0.2) is 20.8 Å². The zero-order valence-electron chi connectivity index (χ0n) is 13.0. The number of rotatable bonds is 7. The SMILES string of the molecule is CCCNCc1cccc(-c2ccc(OC)c(OC)c2)c1. The van der Waals surface area contributed by atoms with Gasteiger partial charge in [-0.1, -0.05) is 31.2 Å². The van der Waals surface area contributed by atoms with E-state index in [9.17, 15) is 0 Å². The summed E-state index contributed by atoms with van der Waals surface area (Å²) in [4.78, 5) is 0. The highest BCUT2D eigenvalue weighted by atomic mass is 16.5. The number of methoxy groups -OCH3 is 2. The van der Waals surface area contributed by atoms with Crippen LogP contribution in [0, 0.1) is 0 Å². The van der Waals surface area contributed by atoms with Gasteiger partial charge in [0.05, 0.1) is 14.2 Å². The summed E-state index contributed by atoms with van der Waals surface area (Å²) in [7, 11) is 3.31. The van der Waals surface area contributed by atoms with E-state index < -0.39 is 0 Å². The van der Waals surface area contributed by atoms with Gasteiger partial charge in [-0.3, -0.25) is 0 Å². The molecule has 3 nitrogen and oxygen atoms in total. The second kappa shape index (κ2) is 7.70. The van der Waals surface area contributed by atoms with E-state index in [-0.39, 0.29) is 0 Å². The lowest BCUT2D eigenvalue weighted by Gasteiger charge is -2.11. The Bertz CT molecular complexity index is 581. The van der Waals surface area contributed by atoms with Gasteiger partial charge in [0.2, 0.25) is 0 Å². The Morgan fingerprint density at radius 3 is 2.38 bits per heavy atom. The van der Waals surface area contributed by atoms with E-state index in [2.05, 4.69) is 42.6 Å². The zero-order chi connectivity index (χ0) is 15.1. The van der Waals surface area contributed by atoms with Gasteiger partial charge in [-0.15, -0.1) is 0 Å². The molecule has 0 aliphatic carbocycles. The summed E-state index contributed by atoms with van der Waals surface area (Å²) < 4.78 is 10.7. The third kappa shape index (κ3) is 3.99. The van der Waals surface area contributed by atoms with Crippen LogP contribution in [0.3, 0.4) is 0 Å². The summed E-state index contributed by atoms with van der Waals surface area (Å²) in [5.41, 5.74) is 3.60. The van der Waals surface area contributed by atoms with Crippen molar-refractivity contribution in [3.05, 3.63) is 48.0 Å². The summed E-state index contributed by atoms with van der Waals surface area (Å²) >= 11 is 0. The van der Waals surface area contributed by atoms with Crippen LogP contribution >= 0.6 is 0 Å². The maximum absolute atomic E-state index is 5.37. The van der Waals surface area contributed by atoms with Crippen LogP contribution in [0.15, 0.2) is 42.5 Å². The molecule has 0 fully saturated rings. The average molecular weight is 285 g/mol. The van der Waals surface area contributed by atoms with Gasteiger partial charge in [0.1, 0.15) is 0 Å². The average Bonchev–Trinajstić information content (AvgIpc) is 2.54. The van der Waals surface area contributed by atoms with Crippen molar-refractivity contribution in [1.82, 2.24) is 5.32 Å². The van der Waals surface area contributed by atoms with Gasteiger partial charge in [0.25, 0.3) is 0 Å². The van der Waals surface area contributed by atoms with E-state index in [1.165, 1.54) is 11.1 Å². The lowest BCUT2D eigenvalue weighted by Crippen LogP contribution is -2.13. The Morgan fingerprint density at radius 1 is 0.905 bits per heavy atom. The highest BCUT2D eigenvalue weighted by Crippen LogP contribution is 2.32. The van der Waals surface area contributed by atoms with Gasteiger partial charge in [-0.25, -0.2) is 0 Å². The molecule has 0 spiro atoms. The van der Waals surface area contributed by atoms with E-state index in [1.54, 1.807) is 14.2 Å². The fraction of sp³-hybridized carbons (Fsp3) is 0.333. The highest BCUT2D eigenvalue weighted by Gasteiger charge is 2.06. The summed E-state index contributed by atoms with van der Waals surface area (Å²) in [5, 5.41) is 3.43. The molecule has 0 heterocycles. The minimum atomic E-state index is 0.752. The van der Waals surface area contributed by atoms with Crippen LogP contribution in [0.1, 0.15) is 18.9 Å². The minimum Gasteiger partial charge on any atom is -0.493 e. The van der Waals surface area contributed by atoms with Crippen molar-refractivity contribution in [1.29, 1.82) is 0 Å². The first-order valence-electron chi connectivity index (χ1n) is 7.30. The van der Waals surface area contributed by atoms with Gasteiger partial charge >= 0.3 is 0 Å². The van der Waals surface area contributed by atoms with E-state index in [1.807, 2.05) is 12.1 Å². The zero-order valence-corrected chi connectivity index (χ0v) is 13.0. The molecule has 0 aromatic heterocycles. The van der Waals surface area contributed by atoms with Crippen molar-refractivity contribution in [3.8, 4) is 22.6 Å². The topological polar surface area (TPSA) is 30.5 Å². The first kappa shape index (κ1) is 15.4. The monoisotopic (exact) mass is 285 g/mol. The predicted molar refractivity (Wildman–Crippen MR) is 87.0 cm³/mol. The number of ether oxygens (including phenoxy) is 2. The molecule has 0 aliphatic rings. The van der Waals surface area contributed by atoms with Gasteiger partial charge in [-0.2, -0.15) is 0 Å². The van der Waals surface area contributed by atoms with E-state index in [0.717, 1.165) is 36.6 Å². The molecule has 0 bridgehead atoms. The Hall–Kier alpha value is -2.00. The first-order chi connectivity index (χ1) is 10.3. The van der Waals surface area contributed by atoms with Gasteiger partial charge in [0, 0.05) is 6.54 Å². The lowest BCUT2D eigenvalue weighted by molar-refractivity contribution is 0.355. The van der Waals surface area contributed by atoms with Crippen molar-refractivity contribution in [3.63, 3.8) is 0 Å². The van der Waals surface area contributed by atoms with Crippen molar-refractivity contribution in [2.24, 2.45) is 0 Å². The Morgan fingerprint density at radius 2 is 1.67 bits per heavy atom. The van der Waals surface area contributed by atoms with Crippen LogP contribution in [0.4, 0.5) is 0 Å². The maximum atomic E-state index is 5.37. The summed E-state index contributed by atoms with van der Waals surface area (Å²) in [6, 6.07) is 14.6. The van der Waals surface area contributed by atoms with Crippen molar-refractivity contribution < 1.29 is 9.47 Å². The van der Waals surface area contributed by atoms with Gasteiger partial charge in [0.15, 0.2) is 11.5 Å². The lowest BCUT2D eigenvalue weighted by atomic mass is 10.0. The molecule has 112 valence electrons. The molecule has 0 amide bonds. The quantitative estimate of drug-likeness (QED) is 0.783. The molecule has 0 saturated heterocycles. The van der Waals surface area contributed by atoms with Gasteiger partial charge < -0.3 is 14.8 Å². The second-order valence-corrected chi connectivity index (χ2v) is 4.95. The van der Waals surface area contributed by atoms with Gasteiger partial charge in [-0.05, 0) is 47.9 Å². The Balaban J connectivity index is 2.23. The molecule has 2 aromatic carbocycles. The van der Waals surface area contributed by atoms with E-state index >= 15 is 0 Å². The standard InChI is InChI=1S/C18H23NO2/c1-4-10-19-13-14-6-5-7-15(11-14)16-8-9-17(20-2)18(12-16)21-3/h5-9,11-12,19H,4,10,13H2,1-3H3. The Labute approximate surface area is 126 Å². The summed E-state index contributed by atoms with van der Waals surface area (Å²) in [5.74, 6) is 1.51. The molecule has 0 unspecified atom stereocenters. The molecule has 2 rings (SSSR count). The van der Waals surface area contributed by atoms with Crippen LogP contribution in [-0.2, 0) is 6.54 Å². The molecular formula is C18H23NO2. The number of nitrogens with one attached hydrogen (secondary N) is 1. The summed E-state index contributed by atoms with van der Waals surface area (Å²) in [6.45, 7) is 4.11. The van der Waals surface area contributed by atoms with Crippen LogP contribution in [0.25, 0.3) is 11.1 Å². The smallest absolute Gasteiger partial charge is 0.161 e. The normalized spacial score (nSPS) is 10.4. The van der Waals surface area contributed by atoms with Crippen LogP contribution < -0.4 is 14.8 Å². The van der Waals surface area contributed by atoms with Crippen molar-refractivity contribution >= 4 is 0 Å². The van der Waals surface area contributed by atoms with Crippen LogP contribution in [0.5, 0.6) is 11.5 Å². The third-order valence-corrected chi connectivity index (χ3v) is 3.40. The van der Waals surface area contributed by atoms with E-state index in [4.69, 9.17) is 9.47 Å². The largest absolute Gasteiger partial charge is 0.493 e. The first-order valence-corrected chi connectivity index (χ1v) is 7.30. The molecule has 2 aromatic rings. The fourth-order valence-corrected chi connectivity index (χ4v) is 2.29. The molecule has 0 atom stereocenters. The third-order valence-electron chi connectivity index (χ3n) is 3.40. The predicted octanol–water partition coefficient (Wildman–Crippen LogP) is 3.87. The fourth-order valence-electron chi connectivity index (χ4n) is 2.29. The highest BCUT2D eigenvalue weighted by molar-refractivity contribution is 5.67. The molecule has 0 saturated carbocycles. The molecule has 21 heavy (non-hydrogen) atoms. The molecule has 0 aliphatic heterocycles. The van der Waals surface area contributed by atoms with Crippen LogP contribution in [0.2, 0.25) is 0 Å². The number of hydrogen-bond donors (Lipinski definition) is 1. The molecular weight excluding hydrogens is 262 g/mol. The Kier molecular flexibility index (Phi) is 5.64. The molecule has 0 radical (unpaired) electrons. The van der Waals surface area contributed by atoms with Crippen molar-refractivity contribution in [2.75, 3.05) is 20.8 Å².